The van der Waals surface area contributed by atoms with E-state index < -0.39 is 18.1 Å². The predicted molar refractivity (Wildman–Crippen MR) is 56.7 cm³/mol. The topological polar surface area (TPSA) is 75.6 Å². The molecule has 0 spiro atoms. The number of hydrogen-bond donors (Lipinski definition) is 2. The maximum absolute atomic E-state index is 12.0. The van der Waals surface area contributed by atoms with Crippen molar-refractivity contribution < 1.29 is 32.6 Å². The number of aromatic carboxylic acids is 1. The van der Waals surface area contributed by atoms with E-state index in [4.69, 9.17) is 9.84 Å². The lowest BCUT2D eigenvalue weighted by Gasteiger charge is -2.07. The Morgan fingerprint density at radius 1 is 1.50 bits per heavy atom. The Bertz CT molecular complexity index is 469. The number of rotatable bonds is 4. The van der Waals surface area contributed by atoms with Crippen LogP contribution in [0.1, 0.15) is 15.9 Å². The molecule has 1 rings (SSSR count). The molecule has 0 radical (unpaired) electrons. The predicted octanol–water partition coefficient (Wildman–Crippen LogP) is 2.09. The summed E-state index contributed by atoms with van der Waals surface area (Å²) in [6, 6.07) is 0. The monoisotopic (exact) mass is 283 g/mol. The number of thiophene rings is 1. The van der Waals surface area contributed by atoms with E-state index in [1.807, 2.05) is 0 Å². The first kappa shape index (κ1) is 14.5. The lowest BCUT2D eigenvalue weighted by molar-refractivity contribution is -0.167. The summed E-state index contributed by atoms with van der Waals surface area (Å²) >= 11 is 0.696. The summed E-state index contributed by atoms with van der Waals surface area (Å²) < 4.78 is 40.8. The van der Waals surface area contributed by atoms with Gasteiger partial charge in [-0.05, 0) is 5.38 Å². The molecule has 2 N–H and O–H groups in total. The zero-order valence-corrected chi connectivity index (χ0v) is 9.82. The third kappa shape index (κ3) is 3.20. The summed E-state index contributed by atoms with van der Waals surface area (Å²) in [5.41, 5.74) is -0.188. The van der Waals surface area contributed by atoms with Crippen molar-refractivity contribution in [2.24, 2.45) is 0 Å². The molecule has 0 aliphatic carbocycles. The molecule has 9 heteroatoms. The molecule has 1 heterocycles. The Morgan fingerprint density at radius 3 is 2.56 bits per heavy atom. The number of amides is 1. The highest BCUT2D eigenvalue weighted by Crippen LogP contribution is 2.30. The number of anilines is 1. The van der Waals surface area contributed by atoms with Gasteiger partial charge in [0.2, 0.25) is 0 Å². The zero-order valence-electron chi connectivity index (χ0n) is 9.00. The van der Waals surface area contributed by atoms with Crippen molar-refractivity contribution in [3.63, 3.8) is 0 Å². The zero-order chi connectivity index (χ0) is 13.9. The Kier molecular flexibility index (Phi) is 4.30. The van der Waals surface area contributed by atoms with Gasteiger partial charge in [0.1, 0.15) is 5.00 Å². The average molecular weight is 283 g/mol. The van der Waals surface area contributed by atoms with Crippen molar-refractivity contribution in [2.45, 2.75) is 12.8 Å². The first-order valence-electron chi connectivity index (χ1n) is 4.48. The number of ether oxygens (including phenoxy) is 1. The van der Waals surface area contributed by atoms with Crippen LogP contribution in [0.4, 0.5) is 18.2 Å². The molecular weight excluding hydrogens is 275 g/mol. The fourth-order valence-electron chi connectivity index (χ4n) is 1.16. The quantitative estimate of drug-likeness (QED) is 0.887. The molecular formula is C9H8F3NO4S. The number of carbonyl (C=O) groups is 2. The molecule has 100 valence electrons. The Hall–Kier alpha value is -1.61. The third-order valence-electron chi connectivity index (χ3n) is 1.87. The molecule has 0 unspecified atom stereocenters. The molecule has 1 aromatic rings. The van der Waals surface area contributed by atoms with Crippen molar-refractivity contribution in [1.82, 2.24) is 0 Å². The van der Waals surface area contributed by atoms with Gasteiger partial charge in [-0.25, -0.2) is 4.79 Å². The van der Waals surface area contributed by atoms with E-state index in [1.54, 1.807) is 0 Å². The lowest BCUT2D eigenvalue weighted by Crippen LogP contribution is -2.30. The van der Waals surface area contributed by atoms with Crippen molar-refractivity contribution in [3.05, 3.63) is 16.5 Å². The second-order valence-corrected chi connectivity index (χ2v) is 4.03. The fraction of sp³-hybridized carbons (Fsp3) is 0.333. The van der Waals surface area contributed by atoms with Crippen LogP contribution in [0, 0.1) is 0 Å². The van der Waals surface area contributed by atoms with Crippen molar-refractivity contribution in [2.75, 3.05) is 12.4 Å². The van der Waals surface area contributed by atoms with E-state index in [-0.39, 0.29) is 22.7 Å². The molecule has 0 saturated carbocycles. The second-order valence-electron chi connectivity index (χ2n) is 3.16. The normalized spacial score (nSPS) is 11.3. The maximum Gasteiger partial charge on any atom is 0.471 e. The standard InChI is InChI=1S/C9H8F3NO4S/c1-17-2-4-3-18-6(5(4)7(14)15)13-8(16)9(10,11)12/h3H,2H2,1H3,(H,13,16)(H,14,15). The van der Waals surface area contributed by atoms with Crippen molar-refractivity contribution in [1.29, 1.82) is 0 Å². The number of carboxylic acids is 1. The summed E-state index contributed by atoms with van der Waals surface area (Å²) in [4.78, 5) is 21.7. The third-order valence-corrected chi connectivity index (χ3v) is 2.81. The smallest absolute Gasteiger partial charge is 0.471 e. The highest BCUT2D eigenvalue weighted by atomic mass is 32.1. The number of hydrogen-bond acceptors (Lipinski definition) is 4. The number of methoxy groups -OCH3 is 1. The molecule has 0 aliphatic rings. The van der Waals surface area contributed by atoms with Crippen LogP contribution in [0.25, 0.3) is 0 Å². The Balaban J connectivity index is 3.03. The van der Waals surface area contributed by atoms with Gasteiger partial charge >= 0.3 is 18.1 Å². The highest BCUT2D eigenvalue weighted by Gasteiger charge is 2.39. The van der Waals surface area contributed by atoms with Gasteiger partial charge in [0.15, 0.2) is 0 Å². The summed E-state index contributed by atoms with van der Waals surface area (Å²) in [5, 5.41) is 11.4. The molecule has 0 aromatic carbocycles. The minimum Gasteiger partial charge on any atom is -0.478 e. The van der Waals surface area contributed by atoms with E-state index in [2.05, 4.69) is 0 Å². The van der Waals surface area contributed by atoms with Crippen LogP contribution < -0.4 is 5.32 Å². The number of carboxylic acid groups (broad SMARTS) is 1. The number of halogens is 3. The molecule has 0 aliphatic heterocycles. The first-order valence-corrected chi connectivity index (χ1v) is 5.36. The van der Waals surface area contributed by atoms with Gasteiger partial charge in [0.05, 0.1) is 12.2 Å². The van der Waals surface area contributed by atoms with E-state index in [0.717, 1.165) is 0 Å². The van der Waals surface area contributed by atoms with Gasteiger partial charge in [0.25, 0.3) is 0 Å². The van der Waals surface area contributed by atoms with Crippen LogP contribution in [0.15, 0.2) is 5.38 Å². The molecule has 1 amide bonds. The molecule has 0 saturated heterocycles. The van der Waals surface area contributed by atoms with Gasteiger partial charge in [-0.2, -0.15) is 13.2 Å². The van der Waals surface area contributed by atoms with Crippen molar-refractivity contribution in [3.8, 4) is 0 Å². The van der Waals surface area contributed by atoms with Crippen LogP contribution in [0.5, 0.6) is 0 Å². The fourth-order valence-corrected chi connectivity index (χ4v) is 2.09. The summed E-state index contributed by atoms with van der Waals surface area (Å²) in [5.74, 6) is -3.64. The van der Waals surface area contributed by atoms with E-state index in [1.165, 1.54) is 17.8 Å². The SMILES string of the molecule is COCc1csc(NC(=O)C(F)(F)F)c1C(=O)O. The second kappa shape index (κ2) is 5.36. The summed E-state index contributed by atoms with van der Waals surface area (Å²) in [6.07, 6.45) is -5.07. The Morgan fingerprint density at radius 2 is 2.11 bits per heavy atom. The Labute approximate surface area is 103 Å². The van der Waals surface area contributed by atoms with Gasteiger partial charge in [-0.1, -0.05) is 0 Å². The van der Waals surface area contributed by atoms with Crippen LogP contribution in [-0.2, 0) is 16.1 Å². The van der Waals surface area contributed by atoms with Gasteiger partial charge < -0.3 is 15.2 Å². The minimum atomic E-state index is -5.07. The molecule has 0 bridgehead atoms. The van der Waals surface area contributed by atoms with E-state index >= 15 is 0 Å². The highest BCUT2D eigenvalue weighted by molar-refractivity contribution is 7.15. The number of carbonyl (C=O) groups excluding carboxylic acids is 1. The largest absolute Gasteiger partial charge is 0.478 e. The van der Waals surface area contributed by atoms with Crippen LogP contribution in [0.3, 0.4) is 0 Å². The maximum atomic E-state index is 12.0. The molecule has 1 aromatic heterocycles. The van der Waals surface area contributed by atoms with E-state index in [0.29, 0.717) is 11.3 Å². The first-order chi connectivity index (χ1) is 8.27. The molecule has 0 atom stereocenters. The number of nitrogens with one attached hydrogen (secondary N) is 1. The van der Waals surface area contributed by atoms with Gasteiger partial charge in [-0.3, -0.25) is 4.79 Å². The summed E-state index contributed by atoms with van der Waals surface area (Å²) in [6.45, 7) is -0.0694. The number of alkyl halides is 3. The van der Waals surface area contributed by atoms with E-state index in [9.17, 15) is 22.8 Å². The summed E-state index contributed by atoms with van der Waals surface area (Å²) in [7, 11) is 1.32. The van der Waals surface area contributed by atoms with Crippen LogP contribution in [0.2, 0.25) is 0 Å². The molecule has 5 nitrogen and oxygen atoms in total. The van der Waals surface area contributed by atoms with Gasteiger partial charge in [0, 0.05) is 12.7 Å². The average Bonchev–Trinajstić information content (AvgIpc) is 2.60. The lowest BCUT2D eigenvalue weighted by atomic mass is 10.2. The molecule has 18 heavy (non-hydrogen) atoms. The molecule has 0 fully saturated rings. The van der Waals surface area contributed by atoms with Crippen LogP contribution >= 0.6 is 11.3 Å². The minimum absolute atomic E-state index is 0.0694. The van der Waals surface area contributed by atoms with Gasteiger partial charge in [-0.15, -0.1) is 11.3 Å². The van der Waals surface area contributed by atoms with Crippen LogP contribution in [-0.4, -0.2) is 30.3 Å². The van der Waals surface area contributed by atoms with Crippen molar-refractivity contribution >= 4 is 28.2 Å².